The van der Waals surface area contributed by atoms with E-state index in [2.05, 4.69) is 6.58 Å². The van der Waals surface area contributed by atoms with Crippen molar-refractivity contribution in [1.82, 2.24) is 0 Å². The number of hydrogen-bond donors (Lipinski definition) is 2. The summed E-state index contributed by atoms with van der Waals surface area (Å²) in [5.74, 6) is 0.0304. The maximum absolute atomic E-state index is 9.15. The average molecular weight is 163 g/mol. The molecule has 0 aliphatic heterocycles. The lowest BCUT2D eigenvalue weighted by Crippen LogP contribution is -1.97. The van der Waals surface area contributed by atoms with Crippen LogP contribution in [0.5, 0.6) is 0 Å². The lowest BCUT2D eigenvalue weighted by atomic mass is 10.0. The van der Waals surface area contributed by atoms with Gasteiger partial charge in [0.1, 0.15) is 5.76 Å². The van der Waals surface area contributed by atoms with Gasteiger partial charge in [-0.25, -0.2) is 0 Å². The van der Waals surface area contributed by atoms with E-state index >= 15 is 0 Å². The number of benzene rings is 1. The van der Waals surface area contributed by atoms with Gasteiger partial charge in [0.15, 0.2) is 0 Å². The van der Waals surface area contributed by atoms with E-state index < -0.39 is 0 Å². The largest absolute Gasteiger partial charge is 0.508 e. The molecule has 1 aromatic rings. The van der Waals surface area contributed by atoms with Gasteiger partial charge >= 0.3 is 0 Å². The van der Waals surface area contributed by atoms with Gasteiger partial charge in [-0.1, -0.05) is 25.6 Å². The summed E-state index contributed by atoms with van der Waals surface area (Å²) in [5, 5.41) is 9.15. The molecule has 2 nitrogen and oxygen atoms in total. The number of rotatable bonds is 2. The molecule has 0 aromatic heterocycles. The summed E-state index contributed by atoms with van der Waals surface area (Å²) < 4.78 is 0. The first-order chi connectivity index (χ1) is 5.66. The van der Waals surface area contributed by atoms with Crippen molar-refractivity contribution in [2.45, 2.75) is 13.3 Å². The van der Waals surface area contributed by atoms with Gasteiger partial charge in [-0.15, -0.1) is 0 Å². The lowest BCUT2D eigenvalue weighted by molar-refractivity contribution is 0.514. The van der Waals surface area contributed by atoms with Gasteiger partial charge in [0.2, 0.25) is 0 Å². The fourth-order valence-electron chi connectivity index (χ4n) is 1.17. The summed E-state index contributed by atoms with van der Waals surface area (Å²) in [5.41, 5.74) is 8.08. The van der Waals surface area contributed by atoms with Crippen molar-refractivity contribution >= 4 is 11.4 Å². The normalized spacial score (nSPS) is 9.75. The molecule has 12 heavy (non-hydrogen) atoms. The Morgan fingerprint density at radius 2 is 2.25 bits per heavy atom. The van der Waals surface area contributed by atoms with Crippen LogP contribution in [0.1, 0.15) is 18.1 Å². The van der Waals surface area contributed by atoms with Crippen LogP contribution in [0.25, 0.3) is 5.76 Å². The van der Waals surface area contributed by atoms with Crippen LogP contribution >= 0.6 is 0 Å². The highest BCUT2D eigenvalue weighted by molar-refractivity contribution is 5.71. The standard InChI is InChI=1S/C10H13NO/c1-3-8-5-4-6-9(7(2)12)10(8)11/h4-6,12H,2-3,11H2,1H3. The molecule has 0 amide bonds. The number of nitrogen functional groups attached to an aromatic ring is 1. The summed E-state index contributed by atoms with van der Waals surface area (Å²) in [6.07, 6.45) is 0.868. The number of anilines is 1. The first-order valence-corrected chi connectivity index (χ1v) is 3.92. The van der Waals surface area contributed by atoms with Crippen molar-refractivity contribution < 1.29 is 5.11 Å². The van der Waals surface area contributed by atoms with Crippen LogP contribution in [-0.2, 0) is 6.42 Å². The van der Waals surface area contributed by atoms with E-state index in [4.69, 9.17) is 10.8 Å². The Morgan fingerprint density at radius 3 is 2.75 bits per heavy atom. The van der Waals surface area contributed by atoms with Crippen molar-refractivity contribution in [2.75, 3.05) is 5.73 Å². The number of hydrogen-bond acceptors (Lipinski definition) is 2. The monoisotopic (exact) mass is 163 g/mol. The number of para-hydroxylation sites is 1. The van der Waals surface area contributed by atoms with E-state index in [1.54, 1.807) is 6.07 Å². The highest BCUT2D eigenvalue weighted by atomic mass is 16.3. The first kappa shape index (κ1) is 8.65. The Morgan fingerprint density at radius 1 is 1.58 bits per heavy atom. The number of aliphatic hydroxyl groups excluding tert-OH is 1. The molecule has 1 aromatic carbocycles. The third-order valence-corrected chi connectivity index (χ3v) is 1.89. The van der Waals surface area contributed by atoms with Crippen LogP contribution in [-0.4, -0.2) is 5.11 Å². The molecule has 0 aliphatic rings. The Kier molecular flexibility index (Phi) is 2.38. The second-order valence-electron chi connectivity index (χ2n) is 2.68. The molecule has 0 saturated carbocycles. The molecule has 1 rings (SSSR count). The minimum Gasteiger partial charge on any atom is -0.508 e. The van der Waals surface area contributed by atoms with E-state index in [0.717, 1.165) is 12.0 Å². The third kappa shape index (κ3) is 1.42. The van der Waals surface area contributed by atoms with Crippen molar-refractivity contribution in [3.63, 3.8) is 0 Å². The second kappa shape index (κ2) is 3.30. The summed E-state index contributed by atoms with van der Waals surface area (Å²) >= 11 is 0. The van der Waals surface area contributed by atoms with E-state index in [1.807, 2.05) is 19.1 Å². The number of aliphatic hydroxyl groups is 1. The van der Waals surface area contributed by atoms with Gasteiger partial charge < -0.3 is 10.8 Å². The maximum Gasteiger partial charge on any atom is 0.117 e. The van der Waals surface area contributed by atoms with Crippen LogP contribution in [0.3, 0.4) is 0 Å². The topological polar surface area (TPSA) is 46.2 Å². The predicted molar refractivity (Wildman–Crippen MR) is 51.9 cm³/mol. The Bertz CT molecular complexity index is 305. The van der Waals surface area contributed by atoms with Gasteiger partial charge in [0, 0.05) is 11.3 Å². The van der Waals surface area contributed by atoms with Gasteiger partial charge in [0.05, 0.1) is 0 Å². The minimum absolute atomic E-state index is 0.0304. The van der Waals surface area contributed by atoms with Gasteiger partial charge in [-0.2, -0.15) is 0 Å². The van der Waals surface area contributed by atoms with E-state index in [9.17, 15) is 0 Å². The molecule has 0 heterocycles. The molecule has 0 bridgehead atoms. The molecule has 3 N–H and O–H groups in total. The third-order valence-electron chi connectivity index (χ3n) is 1.89. The Labute approximate surface area is 72.3 Å². The maximum atomic E-state index is 9.15. The molecule has 64 valence electrons. The zero-order valence-corrected chi connectivity index (χ0v) is 7.17. The Balaban J connectivity index is 3.23. The van der Waals surface area contributed by atoms with Crippen molar-refractivity contribution in [2.24, 2.45) is 0 Å². The zero-order chi connectivity index (χ0) is 9.14. The van der Waals surface area contributed by atoms with Crippen molar-refractivity contribution in [3.05, 3.63) is 35.9 Å². The molecule has 2 heteroatoms. The molecule has 0 radical (unpaired) electrons. The smallest absolute Gasteiger partial charge is 0.117 e. The number of aryl methyl sites for hydroxylation is 1. The van der Waals surface area contributed by atoms with Gasteiger partial charge in [0.25, 0.3) is 0 Å². The van der Waals surface area contributed by atoms with Crippen LogP contribution in [0, 0.1) is 0 Å². The van der Waals surface area contributed by atoms with Gasteiger partial charge in [-0.3, -0.25) is 0 Å². The average Bonchev–Trinajstić information content (AvgIpc) is 2.04. The summed E-state index contributed by atoms with van der Waals surface area (Å²) in [6.45, 7) is 5.46. The molecule has 0 atom stereocenters. The molecule has 0 spiro atoms. The minimum atomic E-state index is 0.0304. The van der Waals surface area contributed by atoms with Crippen LogP contribution < -0.4 is 5.73 Å². The van der Waals surface area contributed by atoms with Crippen molar-refractivity contribution in [1.29, 1.82) is 0 Å². The van der Waals surface area contributed by atoms with E-state index in [0.29, 0.717) is 11.3 Å². The van der Waals surface area contributed by atoms with Crippen LogP contribution in [0.2, 0.25) is 0 Å². The number of nitrogens with two attached hydrogens (primary N) is 1. The van der Waals surface area contributed by atoms with E-state index in [1.165, 1.54) is 0 Å². The van der Waals surface area contributed by atoms with Crippen LogP contribution in [0.4, 0.5) is 5.69 Å². The zero-order valence-electron chi connectivity index (χ0n) is 7.17. The lowest BCUT2D eigenvalue weighted by Gasteiger charge is -2.07. The first-order valence-electron chi connectivity index (χ1n) is 3.92. The predicted octanol–water partition coefficient (Wildman–Crippen LogP) is 2.36. The molecule has 0 unspecified atom stereocenters. The fourth-order valence-corrected chi connectivity index (χ4v) is 1.17. The van der Waals surface area contributed by atoms with Gasteiger partial charge in [-0.05, 0) is 18.1 Å². The summed E-state index contributed by atoms with van der Waals surface area (Å²) in [4.78, 5) is 0. The Hall–Kier alpha value is -1.44. The van der Waals surface area contributed by atoms with E-state index in [-0.39, 0.29) is 5.76 Å². The molecular weight excluding hydrogens is 150 g/mol. The summed E-state index contributed by atoms with van der Waals surface area (Å²) in [6, 6.07) is 5.57. The highest BCUT2D eigenvalue weighted by Gasteiger charge is 2.04. The van der Waals surface area contributed by atoms with Crippen molar-refractivity contribution in [3.8, 4) is 0 Å². The molecule has 0 saturated heterocycles. The fraction of sp³-hybridized carbons (Fsp3) is 0.200. The quantitative estimate of drug-likeness (QED) is 0.519. The highest BCUT2D eigenvalue weighted by Crippen LogP contribution is 2.22. The second-order valence-corrected chi connectivity index (χ2v) is 2.68. The molecular formula is C10H13NO. The molecule has 0 aliphatic carbocycles. The SMILES string of the molecule is C=C(O)c1cccc(CC)c1N. The summed E-state index contributed by atoms with van der Waals surface area (Å²) in [7, 11) is 0. The molecule has 0 fully saturated rings. The van der Waals surface area contributed by atoms with Crippen LogP contribution in [0.15, 0.2) is 24.8 Å².